The maximum atomic E-state index is 13.6. The lowest BCUT2D eigenvalue weighted by Gasteiger charge is -2.22. The third kappa shape index (κ3) is 4.80. The SMILES string of the molecule is NC(=O)C1CCCN1Cc1cccc(NC(=O)/C=C/c2c(F)cccc2F)c1. The Morgan fingerprint density at radius 3 is 2.61 bits per heavy atom. The van der Waals surface area contributed by atoms with E-state index < -0.39 is 17.5 Å². The van der Waals surface area contributed by atoms with Crippen LogP contribution in [0.25, 0.3) is 6.08 Å². The third-order valence-electron chi connectivity index (χ3n) is 4.67. The molecule has 28 heavy (non-hydrogen) atoms. The number of rotatable bonds is 6. The molecule has 1 atom stereocenters. The molecule has 1 saturated heterocycles. The van der Waals surface area contributed by atoms with Crippen LogP contribution in [0.15, 0.2) is 48.5 Å². The Hall–Kier alpha value is -3.06. The maximum Gasteiger partial charge on any atom is 0.248 e. The molecule has 7 heteroatoms. The molecule has 0 saturated carbocycles. The number of primary amides is 1. The quantitative estimate of drug-likeness (QED) is 0.751. The summed E-state index contributed by atoms with van der Waals surface area (Å²) in [5.74, 6) is -2.30. The molecule has 0 aliphatic carbocycles. The summed E-state index contributed by atoms with van der Waals surface area (Å²) >= 11 is 0. The molecule has 1 aliphatic rings. The monoisotopic (exact) mass is 385 g/mol. The Kier molecular flexibility index (Phi) is 6.16. The highest BCUT2D eigenvalue weighted by Gasteiger charge is 2.28. The molecule has 3 N–H and O–H groups in total. The number of hydrogen-bond donors (Lipinski definition) is 2. The molecular weight excluding hydrogens is 364 g/mol. The zero-order valence-corrected chi connectivity index (χ0v) is 15.2. The molecule has 3 rings (SSSR count). The highest BCUT2D eigenvalue weighted by Crippen LogP contribution is 2.21. The van der Waals surface area contributed by atoms with Crippen molar-refractivity contribution in [2.24, 2.45) is 5.73 Å². The van der Waals surface area contributed by atoms with Gasteiger partial charge in [-0.2, -0.15) is 0 Å². The summed E-state index contributed by atoms with van der Waals surface area (Å²) in [7, 11) is 0. The Labute approximate surface area is 161 Å². The first-order valence-electron chi connectivity index (χ1n) is 8.99. The van der Waals surface area contributed by atoms with Crippen LogP contribution in [-0.4, -0.2) is 29.3 Å². The molecule has 1 unspecified atom stereocenters. The number of nitrogens with two attached hydrogens (primary N) is 1. The summed E-state index contributed by atoms with van der Waals surface area (Å²) in [4.78, 5) is 25.6. The molecule has 2 amide bonds. The fourth-order valence-corrected chi connectivity index (χ4v) is 3.33. The molecule has 0 aromatic heterocycles. The molecule has 146 valence electrons. The maximum absolute atomic E-state index is 13.6. The van der Waals surface area contributed by atoms with Gasteiger partial charge in [0.05, 0.1) is 6.04 Å². The van der Waals surface area contributed by atoms with E-state index in [1.54, 1.807) is 18.2 Å². The first-order chi connectivity index (χ1) is 13.4. The molecule has 1 aliphatic heterocycles. The van der Waals surface area contributed by atoms with Crippen molar-refractivity contribution in [3.8, 4) is 0 Å². The van der Waals surface area contributed by atoms with Crippen molar-refractivity contribution in [3.05, 3.63) is 71.3 Å². The average Bonchev–Trinajstić information content (AvgIpc) is 3.10. The second-order valence-electron chi connectivity index (χ2n) is 6.69. The van der Waals surface area contributed by atoms with Gasteiger partial charge in [0.2, 0.25) is 11.8 Å². The van der Waals surface area contributed by atoms with E-state index in [0.29, 0.717) is 12.2 Å². The van der Waals surface area contributed by atoms with Crippen LogP contribution >= 0.6 is 0 Å². The number of amides is 2. The minimum Gasteiger partial charge on any atom is -0.368 e. The van der Waals surface area contributed by atoms with Crippen LogP contribution in [0.1, 0.15) is 24.0 Å². The van der Waals surface area contributed by atoms with E-state index in [1.807, 2.05) is 11.0 Å². The predicted octanol–water partition coefficient (Wildman–Crippen LogP) is 3.07. The Balaban J connectivity index is 1.65. The van der Waals surface area contributed by atoms with Crippen molar-refractivity contribution in [2.75, 3.05) is 11.9 Å². The Morgan fingerprint density at radius 1 is 1.18 bits per heavy atom. The summed E-state index contributed by atoms with van der Waals surface area (Å²) < 4.78 is 27.2. The lowest BCUT2D eigenvalue weighted by Crippen LogP contribution is -2.39. The molecule has 2 aromatic rings. The summed E-state index contributed by atoms with van der Waals surface area (Å²) in [5.41, 5.74) is 6.65. The van der Waals surface area contributed by atoms with Crippen molar-refractivity contribution >= 4 is 23.6 Å². The Bertz CT molecular complexity index is 894. The van der Waals surface area contributed by atoms with Crippen LogP contribution in [0.4, 0.5) is 14.5 Å². The van der Waals surface area contributed by atoms with E-state index in [4.69, 9.17) is 5.73 Å². The van der Waals surface area contributed by atoms with Gasteiger partial charge in [-0.25, -0.2) is 8.78 Å². The van der Waals surface area contributed by atoms with Crippen molar-refractivity contribution < 1.29 is 18.4 Å². The van der Waals surface area contributed by atoms with Crippen LogP contribution in [0, 0.1) is 11.6 Å². The van der Waals surface area contributed by atoms with Crippen molar-refractivity contribution in [2.45, 2.75) is 25.4 Å². The zero-order valence-electron chi connectivity index (χ0n) is 15.2. The standard InChI is InChI=1S/C21H21F2N3O2/c22-17-6-2-7-18(23)16(17)9-10-20(27)25-15-5-1-4-14(12-15)13-26-11-3-8-19(26)21(24)28/h1-2,4-7,9-10,12,19H,3,8,11,13H2,(H2,24,28)(H,25,27)/b10-9+. The van der Waals surface area contributed by atoms with E-state index in [1.165, 1.54) is 6.07 Å². The van der Waals surface area contributed by atoms with Crippen LogP contribution in [0.3, 0.4) is 0 Å². The van der Waals surface area contributed by atoms with E-state index in [9.17, 15) is 18.4 Å². The smallest absolute Gasteiger partial charge is 0.248 e. The van der Waals surface area contributed by atoms with Gasteiger partial charge in [-0.05, 0) is 55.3 Å². The van der Waals surface area contributed by atoms with E-state index >= 15 is 0 Å². The number of carbonyl (C=O) groups is 2. The summed E-state index contributed by atoms with van der Waals surface area (Å²) in [6, 6.07) is 10.5. The second kappa shape index (κ2) is 8.75. The zero-order chi connectivity index (χ0) is 20.1. The van der Waals surface area contributed by atoms with Crippen LogP contribution in [0.5, 0.6) is 0 Å². The largest absolute Gasteiger partial charge is 0.368 e. The molecule has 5 nitrogen and oxygen atoms in total. The van der Waals surface area contributed by atoms with Crippen LogP contribution in [0.2, 0.25) is 0 Å². The molecule has 1 fully saturated rings. The van der Waals surface area contributed by atoms with Crippen LogP contribution < -0.4 is 11.1 Å². The predicted molar refractivity (Wildman–Crippen MR) is 103 cm³/mol. The number of nitrogens with zero attached hydrogens (tertiary/aromatic N) is 1. The van der Waals surface area contributed by atoms with Crippen molar-refractivity contribution in [3.63, 3.8) is 0 Å². The number of nitrogens with one attached hydrogen (secondary N) is 1. The molecule has 1 heterocycles. The summed E-state index contributed by atoms with van der Waals surface area (Å²) in [6.07, 6.45) is 3.86. The fourth-order valence-electron chi connectivity index (χ4n) is 3.33. The normalized spacial score (nSPS) is 17.1. The molecule has 0 radical (unpaired) electrons. The highest BCUT2D eigenvalue weighted by atomic mass is 19.1. The average molecular weight is 385 g/mol. The Morgan fingerprint density at radius 2 is 1.89 bits per heavy atom. The number of benzene rings is 2. The van der Waals surface area contributed by atoms with Crippen LogP contribution in [-0.2, 0) is 16.1 Å². The van der Waals surface area contributed by atoms with Gasteiger partial charge >= 0.3 is 0 Å². The topological polar surface area (TPSA) is 75.4 Å². The number of hydrogen-bond acceptors (Lipinski definition) is 3. The highest BCUT2D eigenvalue weighted by molar-refractivity contribution is 6.02. The minimum atomic E-state index is -0.735. The van der Waals surface area contributed by atoms with Gasteiger partial charge < -0.3 is 11.1 Å². The number of anilines is 1. The lowest BCUT2D eigenvalue weighted by molar-refractivity contribution is -0.122. The first-order valence-corrected chi connectivity index (χ1v) is 8.99. The van der Waals surface area contributed by atoms with Gasteiger partial charge in [0, 0.05) is 23.9 Å². The van der Waals surface area contributed by atoms with Gasteiger partial charge in [-0.3, -0.25) is 14.5 Å². The van der Waals surface area contributed by atoms with E-state index in [-0.39, 0.29) is 17.5 Å². The van der Waals surface area contributed by atoms with Gasteiger partial charge in [0.1, 0.15) is 11.6 Å². The number of likely N-dealkylation sites (tertiary alicyclic amines) is 1. The second-order valence-corrected chi connectivity index (χ2v) is 6.69. The first kappa shape index (κ1) is 19.7. The minimum absolute atomic E-state index is 0.266. The molecular formula is C21H21F2N3O2. The summed E-state index contributed by atoms with van der Waals surface area (Å²) in [5, 5.41) is 2.67. The number of carbonyl (C=O) groups excluding carboxylic acids is 2. The van der Waals surface area contributed by atoms with Gasteiger partial charge in [-0.15, -0.1) is 0 Å². The van der Waals surface area contributed by atoms with Crippen molar-refractivity contribution in [1.82, 2.24) is 4.90 Å². The van der Waals surface area contributed by atoms with Crippen molar-refractivity contribution in [1.29, 1.82) is 0 Å². The molecule has 0 spiro atoms. The fraction of sp³-hybridized carbons (Fsp3) is 0.238. The van der Waals surface area contributed by atoms with E-state index in [0.717, 1.165) is 49.2 Å². The molecule has 2 aromatic carbocycles. The van der Waals surface area contributed by atoms with Gasteiger partial charge in [0.15, 0.2) is 0 Å². The lowest BCUT2D eigenvalue weighted by atomic mass is 10.1. The summed E-state index contributed by atoms with van der Waals surface area (Å²) in [6.45, 7) is 1.34. The number of halogens is 2. The van der Waals surface area contributed by atoms with Gasteiger partial charge in [-0.1, -0.05) is 18.2 Å². The van der Waals surface area contributed by atoms with Gasteiger partial charge in [0.25, 0.3) is 0 Å². The van der Waals surface area contributed by atoms with E-state index in [2.05, 4.69) is 5.32 Å². The third-order valence-corrected chi connectivity index (χ3v) is 4.67. The molecule has 0 bridgehead atoms.